The minimum absolute atomic E-state index is 0.0677. The van der Waals surface area contributed by atoms with E-state index in [9.17, 15) is 25.6 Å². The van der Waals surface area contributed by atoms with Crippen LogP contribution in [0.2, 0.25) is 0 Å². The molecule has 177 valence electrons. The summed E-state index contributed by atoms with van der Waals surface area (Å²) >= 11 is 0. The Morgan fingerprint density at radius 1 is 1.41 bits per heavy atom. The van der Waals surface area contributed by atoms with Crippen molar-refractivity contribution >= 4 is 25.9 Å². The number of fused-ring (bicyclic) bond motifs is 1. The van der Waals surface area contributed by atoms with E-state index in [4.69, 9.17) is 14.6 Å². The molecule has 0 amide bonds. The molecule has 0 fully saturated rings. The Labute approximate surface area is 183 Å². The van der Waals surface area contributed by atoms with E-state index < -0.39 is 50.3 Å². The summed E-state index contributed by atoms with van der Waals surface area (Å²) < 4.78 is 92.5. The topological polar surface area (TPSA) is 152 Å². The molecule has 1 radical (unpaired) electrons. The van der Waals surface area contributed by atoms with Gasteiger partial charge in [-0.2, -0.15) is 21.9 Å². The van der Waals surface area contributed by atoms with Gasteiger partial charge in [-0.25, -0.2) is 17.8 Å². The van der Waals surface area contributed by atoms with Crippen molar-refractivity contribution in [2.24, 2.45) is 0 Å². The van der Waals surface area contributed by atoms with Crippen LogP contribution in [-0.4, -0.2) is 71.2 Å². The van der Waals surface area contributed by atoms with Crippen LogP contribution >= 0.6 is 0 Å². The van der Waals surface area contributed by atoms with E-state index in [0.717, 1.165) is 4.31 Å². The zero-order valence-electron chi connectivity index (χ0n) is 16.6. The summed E-state index contributed by atoms with van der Waals surface area (Å²) in [6.45, 7) is -4.63. The Bertz CT molecular complexity index is 1160. The number of aromatic nitrogens is 2. The van der Waals surface area contributed by atoms with E-state index in [2.05, 4.69) is 20.6 Å². The van der Waals surface area contributed by atoms with Gasteiger partial charge in [0.15, 0.2) is 4.90 Å². The lowest BCUT2D eigenvalue weighted by atomic mass is 10.2. The molecule has 0 saturated carbocycles. The van der Waals surface area contributed by atoms with Crippen molar-refractivity contribution in [3.05, 3.63) is 30.5 Å². The molecule has 1 aromatic carbocycles. The van der Waals surface area contributed by atoms with E-state index >= 15 is 0 Å². The highest BCUT2D eigenvalue weighted by atomic mass is 32.2. The zero-order chi connectivity index (χ0) is 23.5. The minimum Gasteiger partial charge on any atom is -0.485 e. The SMILES string of the molecule is CNS(=O)(=O)NC[C@H]1CN(S(=O)(=O)c2cn(C(F)F)nc2OCCO)c2c[c]ccc2O1. The van der Waals surface area contributed by atoms with Crippen molar-refractivity contribution < 1.29 is 40.2 Å². The van der Waals surface area contributed by atoms with Gasteiger partial charge >= 0.3 is 6.55 Å². The molecule has 0 saturated heterocycles. The number of benzene rings is 1. The highest BCUT2D eigenvalue weighted by Gasteiger charge is 2.38. The van der Waals surface area contributed by atoms with Crippen molar-refractivity contribution in [1.29, 1.82) is 0 Å². The molecule has 0 bridgehead atoms. The Morgan fingerprint density at radius 2 is 2.16 bits per heavy atom. The Hall–Kier alpha value is -2.53. The van der Waals surface area contributed by atoms with Gasteiger partial charge in [0.05, 0.1) is 31.6 Å². The Morgan fingerprint density at radius 3 is 2.81 bits per heavy atom. The van der Waals surface area contributed by atoms with Crippen molar-refractivity contribution in [1.82, 2.24) is 19.2 Å². The molecule has 3 rings (SSSR count). The predicted molar refractivity (Wildman–Crippen MR) is 106 cm³/mol. The molecule has 3 N–H and O–H groups in total. The highest BCUT2D eigenvalue weighted by molar-refractivity contribution is 7.93. The van der Waals surface area contributed by atoms with E-state index in [-0.39, 0.29) is 35.8 Å². The van der Waals surface area contributed by atoms with E-state index in [0.29, 0.717) is 6.20 Å². The number of ether oxygens (including phenoxy) is 2. The van der Waals surface area contributed by atoms with Crippen LogP contribution in [0.15, 0.2) is 29.3 Å². The molecule has 1 aromatic heterocycles. The van der Waals surface area contributed by atoms with Crippen LogP contribution in [0.3, 0.4) is 0 Å². The van der Waals surface area contributed by atoms with Crippen LogP contribution in [-0.2, 0) is 20.2 Å². The Kier molecular flexibility index (Phi) is 7.19. The van der Waals surface area contributed by atoms with E-state index in [1.165, 1.54) is 25.2 Å². The first-order valence-corrected chi connectivity index (χ1v) is 12.0. The quantitative estimate of drug-likeness (QED) is 0.397. The Balaban J connectivity index is 2.00. The highest BCUT2D eigenvalue weighted by Crippen LogP contribution is 2.38. The average molecular weight is 496 g/mol. The number of halogens is 2. The summed E-state index contributed by atoms with van der Waals surface area (Å²) in [5.74, 6) is -0.494. The maximum Gasteiger partial charge on any atom is 0.333 e. The molecular weight excluding hydrogens is 476 g/mol. The monoisotopic (exact) mass is 496 g/mol. The number of aliphatic hydroxyl groups excluding tert-OH is 1. The van der Waals surface area contributed by atoms with Crippen molar-refractivity contribution in [2.45, 2.75) is 17.5 Å². The van der Waals surface area contributed by atoms with Crippen LogP contribution < -0.4 is 23.2 Å². The maximum absolute atomic E-state index is 13.4. The number of nitrogens with one attached hydrogen (secondary N) is 2. The third-order valence-corrected chi connectivity index (χ3v) is 7.12. The number of hydrogen-bond donors (Lipinski definition) is 3. The standard InChI is InChI=1S/C16H20F2N5O7S2/c1-19-32(27,28)20-8-11-9-23(12-4-2-3-5-13(12)30-11)31(25,26)14-10-22(16(17)18)21-15(14)29-7-6-24/h3-5,10-11,16,19-20,24H,6-9H2,1H3/t11-/m0/s1. The smallest absolute Gasteiger partial charge is 0.333 e. The minimum atomic E-state index is -4.52. The lowest BCUT2D eigenvalue weighted by Gasteiger charge is -2.35. The molecule has 32 heavy (non-hydrogen) atoms. The first-order chi connectivity index (χ1) is 15.1. The molecule has 1 aliphatic rings. The molecule has 0 spiro atoms. The number of rotatable bonds is 10. The van der Waals surface area contributed by atoms with Gasteiger partial charge in [-0.15, -0.1) is 5.10 Å². The molecule has 0 unspecified atom stereocenters. The van der Waals surface area contributed by atoms with E-state index in [1.807, 2.05) is 0 Å². The number of anilines is 1. The maximum atomic E-state index is 13.4. The molecule has 12 nitrogen and oxygen atoms in total. The van der Waals surface area contributed by atoms with Crippen LogP contribution in [0.5, 0.6) is 11.6 Å². The molecule has 2 heterocycles. The van der Waals surface area contributed by atoms with Gasteiger partial charge in [0.2, 0.25) is 0 Å². The fourth-order valence-electron chi connectivity index (χ4n) is 2.81. The van der Waals surface area contributed by atoms with Gasteiger partial charge in [0.1, 0.15) is 18.5 Å². The molecule has 16 heteroatoms. The lowest BCUT2D eigenvalue weighted by Crippen LogP contribution is -2.49. The van der Waals surface area contributed by atoms with Crippen LogP contribution in [0.4, 0.5) is 14.5 Å². The summed E-state index contributed by atoms with van der Waals surface area (Å²) in [6.07, 6.45) is -0.331. The summed E-state index contributed by atoms with van der Waals surface area (Å²) in [7, 11) is -7.15. The van der Waals surface area contributed by atoms with Gasteiger partial charge in [0, 0.05) is 7.05 Å². The second kappa shape index (κ2) is 9.53. The van der Waals surface area contributed by atoms with Crippen molar-refractivity contribution in [3.63, 3.8) is 0 Å². The summed E-state index contributed by atoms with van der Waals surface area (Å²) in [5.41, 5.74) is 0.0677. The number of hydrogen-bond acceptors (Lipinski definition) is 8. The number of sulfonamides is 1. The third-order valence-electron chi connectivity index (χ3n) is 4.27. The van der Waals surface area contributed by atoms with Crippen LogP contribution in [0.25, 0.3) is 0 Å². The van der Waals surface area contributed by atoms with Gasteiger partial charge in [-0.1, -0.05) is 6.07 Å². The number of alkyl halides is 2. The first kappa shape index (κ1) is 24.1. The second-order valence-corrected chi connectivity index (χ2v) is 9.89. The molecule has 0 aliphatic carbocycles. The zero-order valence-corrected chi connectivity index (χ0v) is 18.2. The number of aliphatic hydroxyl groups is 1. The third kappa shape index (κ3) is 5.09. The van der Waals surface area contributed by atoms with Crippen LogP contribution in [0.1, 0.15) is 6.55 Å². The molecule has 1 atom stereocenters. The van der Waals surface area contributed by atoms with E-state index in [1.54, 1.807) is 0 Å². The van der Waals surface area contributed by atoms with Gasteiger partial charge < -0.3 is 14.6 Å². The summed E-state index contributed by atoms with van der Waals surface area (Å²) in [5, 5.41) is 12.4. The summed E-state index contributed by atoms with van der Waals surface area (Å²) in [4.78, 5) is -0.655. The molecule has 1 aliphatic heterocycles. The number of nitrogens with zero attached hydrogens (tertiary/aromatic N) is 3. The second-order valence-electron chi connectivity index (χ2n) is 6.35. The average Bonchev–Trinajstić information content (AvgIpc) is 3.21. The normalized spacial score (nSPS) is 16.7. The lowest BCUT2D eigenvalue weighted by molar-refractivity contribution is 0.0546. The predicted octanol–water partition coefficient (Wildman–Crippen LogP) is -0.540. The molecular formula is C16H20F2N5O7S2. The van der Waals surface area contributed by atoms with Gasteiger partial charge in [-0.3, -0.25) is 4.31 Å². The van der Waals surface area contributed by atoms with Crippen LogP contribution in [0, 0.1) is 6.07 Å². The first-order valence-electron chi connectivity index (χ1n) is 9.07. The fourth-order valence-corrected chi connectivity index (χ4v) is 4.92. The van der Waals surface area contributed by atoms with Gasteiger partial charge in [-0.05, 0) is 18.2 Å². The largest absolute Gasteiger partial charge is 0.485 e. The summed E-state index contributed by atoms with van der Waals surface area (Å²) in [6, 6.07) is 6.94. The van der Waals surface area contributed by atoms with Gasteiger partial charge in [0.25, 0.3) is 26.1 Å². The fraction of sp³-hybridized carbons (Fsp3) is 0.438. The van der Waals surface area contributed by atoms with Crippen molar-refractivity contribution in [3.8, 4) is 11.6 Å². The molecule has 2 aromatic rings. The van der Waals surface area contributed by atoms with Crippen molar-refractivity contribution in [2.75, 3.05) is 37.7 Å².